The molecule has 1 aromatic heterocycles. The summed E-state index contributed by atoms with van der Waals surface area (Å²) in [5.74, 6) is 0.0389. The molecule has 3 aromatic rings. The largest absolute Gasteiger partial charge is 0.325 e. The van der Waals surface area contributed by atoms with Crippen LogP contribution in [0.4, 0.5) is 5.69 Å². The average molecular weight is 424 g/mol. The van der Waals surface area contributed by atoms with E-state index in [1.54, 1.807) is 6.20 Å². The molecule has 0 spiro atoms. The molecule has 4 rings (SSSR count). The maximum atomic E-state index is 13.2. The Balaban J connectivity index is 1.40. The van der Waals surface area contributed by atoms with Gasteiger partial charge in [-0.25, -0.2) is 0 Å². The normalized spacial score (nSPS) is 15.8. The van der Waals surface area contributed by atoms with Crippen LogP contribution >= 0.6 is 0 Å². The number of carbonyl (C=O) groups excluding carboxylic acids is 1. The zero-order chi connectivity index (χ0) is 22.2. The summed E-state index contributed by atoms with van der Waals surface area (Å²) in [6.07, 6.45) is 13.4. The van der Waals surface area contributed by atoms with Gasteiger partial charge in [-0.1, -0.05) is 48.6 Å². The third-order valence-electron chi connectivity index (χ3n) is 5.57. The Morgan fingerprint density at radius 1 is 1.12 bits per heavy atom. The molecule has 0 radical (unpaired) electrons. The number of nitrogens with zero attached hydrogens (tertiary/aromatic N) is 2. The maximum absolute atomic E-state index is 13.2. The van der Waals surface area contributed by atoms with Gasteiger partial charge in [-0.3, -0.25) is 9.89 Å². The van der Waals surface area contributed by atoms with Gasteiger partial charge in [0.1, 0.15) is 0 Å². The minimum Gasteiger partial charge on any atom is -0.325 e. The number of anilines is 1. The highest BCUT2D eigenvalue weighted by atomic mass is 16.2. The van der Waals surface area contributed by atoms with E-state index in [9.17, 15) is 4.79 Å². The number of hydrogen-bond acceptors (Lipinski definition) is 4. The molecule has 2 aromatic carbocycles. The van der Waals surface area contributed by atoms with Crippen molar-refractivity contribution in [2.24, 2.45) is 5.92 Å². The van der Waals surface area contributed by atoms with Gasteiger partial charge >= 0.3 is 0 Å². The van der Waals surface area contributed by atoms with Gasteiger partial charge in [-0.2, -0.15) is 10.4 Å². The minimum atomic E-state index is -0.344. The first-order valence-corrected chi connectivity index (χ1v) is 10.7. The quantitative estimate of drug-likeness (QED) is 0.506. The number of H-pyrrole nitrogens is 1. The Kier molecular flexibility index (Phi) is 6.91. The fraction of sp³-hybridized carbons (Fsp3) is 0.192. The summed E-state index contributed by atoms with van der Waals surface area (Å²) in [6, 6.07) is 17.1. The van der Waals surface area contributed by atoms with Crippen molar-refractivity contribution in [2.45, 2.75) is 18.9 Å². The number of nitrogens with one attached hydrogen (secondary N) is 3. The number of benzene rings is 2. The lowest BCUT2D eigenvalue weighted by atomic mass is 9.91. The number of rotatable bonds is 8. The lowest BCUT2D eigenvalue weighted by molar-refractivity contribution is -0.119. The van der Waals surface area contributed by atoms with Gasteiger partial charge in [0, 0.05) is 23.4 Å². The molecule has 6 heteroatoms. The van der Waals surface area contributed by atoms with Crippen LogP contribution in [-0.2, 0) is 11.2 Å². The fourth-order valence-corrected chi connectivity index (χ4v) is 3.78. The van der Waals surface area contributed by atoms with Gasteiger partial charge in [0.15, 0.2) is 0 Å². The van der Waals surface area contributed by atoms with E-state index in [-0.39, 0.29) is 17.9 Å². The molecule has 32 heavy (non-hydrogen) atoms. The van der Waals surface area contributed by atoms with E-state index in [2.05, 4.69) is 39.1 Å². The van der Waals surface area contributed by atoms with Crippen molar-refractivity contribution in [3.05, 3.63) is 96.4 Å². The zero-order valence-corrected chi connectivity index (χ0v) is 17.7. The van der Waals surface area contributed by atoms with Gasteiger partial charge in [0.05, 0.1) is 23.9 Å². The van der Waals surface area contributed by atoms with Crippen LogP contribution in [0.15, 0.2) is 85.2 Å². The highest BCUT2D eigenvalue weighted by Gasteiger charge is 2.26. The molecule has 0 bridgehead atoms. The Hall–Kier alpha value is -3.95. The molecule has 1 heterocycles. The predicted octanol–water partition coefficient (Wildman–Crippen LogP) is 4.22. The molecule has 6 nitrogen and oxygen atoms in total. The second kappa shape index (κ2) is 10.4. The summed E-state index contributed by atoms with van der Waals surface area (Å²) in [7, 11) is 0. The Morgan fingerprint density at radius 2 is 1.94 bits per heavy atom. The molecular weight excluding hydrogens is 398 g/mol. The number of nitriles is 1. The summed E-state index contributed by atoms with van der Waals surface area (Å²) in [4.78, 5) is 13.2. The van der Waals surface area contributed by atoms with Crippen molar-refractivity contribution >= 4 is 11.6 Å². The summed E-state index contributed by atoms with van der Waals surface area (Å²) in [5.41, 5.74) is 4.58. The van der Waals surface area contributed by atoms with E-state index in [1.165, 1.54) is 0 Å². The molecule has 1 aliphatic rings. The van der Waals surface area contributed by atoms with Gasteiger partial charge in [-0.05, 0) is 54.8 Å². The first-order chi connectivity index (χ1) is 15.7. The lowest BCUT2D eigenvalue weighted by Gasteiger charge is -2.25. The van der Waals surface area contributed by atoms with Crippen molar-refractivity contribution in [1.29, 1.82) is 5.26 Å². The SMILES string of the molecule is N#Cc1ccc(CCNC(C(=O)Nc2ccc(-c3cn[nH]c3)cc2)C2C=CC=CC2)cc1. The lowest BCUT2D eigenvalue weighted by Crippen LogP contribution is -2.46. The van der Waals surface area contributed by atoms with Crippen molar-refractivity contribution in [1.82, 2.24) is 15.5 Å². The van der Waals surface area contributed by atoms with E-state index < -0.39 is 0 Å². The number of hydrogen-bond donors (Lipinski definition) is 3. The predicted molar refractivity (Wildman–Crippen MR) is 126 cm³/mol. The van der Waals surface area contributed by atoms with Crippen LogP contribution in [0.25, 0.3) is 11.1 Å². The van der Waals surface area contributed by atoms with E-state index in [1.807, 2.05) is 66.9 Å². The standard InChI is InChI=1S/C26H25N5O/c27-16-20-8-6-19(7-9-20)14-15-28-25(22-4-2-1-3-5-22)26(32)31-24-12-10-21(11-13-24)23-17-29-30-18-23/h1-4,6-13,17-18,22,25,28H,5,14-15H2,(H,29,30)(H,31,32). The highest BCUT2D eigenvalue weighted by molar-refractivity contribution is 5.95. The molecule has 0 fully saturated rings. The van der Waals surface area contributed by atoms with Crippen molar-refractivity contribution in [2.75, 3.05) is 11.9 Å². The van der Waals surface area contributed by atoms with E-state index >= 15 is 0 Å². The van der Waals surface area contributed by atoms with Crippen molar-refractivity contribution in [3.63, 3.8) is 0 Å². The number of allylic oxidation sites excluding steroid dienone is 3. The van der Waals surface area contributed by atoms with E-state index in [4.69, 9.17) is 5.26 Å². The second-order valence-electron chi connectivity index (χ2n) is 7.76. The van der Waals surface area contributed by atoms with Crippen LogP contribution < -0.4 is 10.6 Å². The molecule has 1 amide bonds. The van der Waals surface area contributed by atoms with Crippen LogP contribution in [0.5, 0.6) is 0 Å². The maximum Gasteiger partial charge on any atom is 0.242 e. The Morgan fingerprint density at radius 3 is 2.59 bits per heavy atom. The number of carbonyl (C=O) groups is 1. The van der Waals surface area contributed by atoms with Crippen LogP contribution in [0, 0.1) is 17.2 Å². The summed E-state index contributed by atoms with van der Waals surface area (Å²) in [5, 5.41) is 22.2. The Bertz CT molecular complexity index is 1120. The number of aromatic amines is 1. The van der Waals surface area contributed by atoms with Gasteiger partial charge in [0.2, 0.25) is 5.91 Å². The second-order valence-corrected chi connectivity index (χ2v) is 7.76. The third kappa shape index (κ3) is 5.39. The minimum absolute atomic E-state index is 0.0501. The average Bonchev–Trinajstić information content (AvgIpc) is 3.38. The molecule has 0 saturated heterocycles. The van der Waals surface area contributed by atoms with Crippen LogP contribution in [0.2, 0.25) is 0 Å². The van der Waals surface area contributed by atoms with E-state index in [0.717, 1.165) is 35.2 Å². The van der Waals surface area contributed by atoms with Crippen molar-refractivity contribution in [3.8, 4) is 17.2 Å². The smallest absolute Gasteiger partial charge is 0.242 e. The molecule has 1 aliphatic carbocycles. The van der Waals surface area contributed by atoms with Gasteiger partial charge in [-0.15, -0.1) is 0 Å². The Labute approximate surface area is 187 Å². The number of amides is 1. The zero-order valence-electron chi connectivity index (χ0n) is 17.7. The van der Waals surface area contributed by atoms with E-state index in [0.29, 0.717) is 12.1 Å². The molecule has 2 atom stereocenters. The van der Waals surface area contributed by atoms with Crippen LogP contribution in [0.3, 0.4) is 0 Å². The van der Waals surface area contributed by atoms with Gasteiger partial charge in [0.25, 0.3) is 0 Å². The van der Waals surface area contributed by atoms with Crippen molar-refractivity contribution < 1.29 is 4.79 Å². The molecular formula is C26H25N5O. The molecule has 2 unspecified atom stereocenters. The summed E-state index contributed by atoms with van der Waals surface area (Å²) in [6.45, 7) is 0.664. The number of aromatic nitrogens is 2. The highest BCUT2D eigenvalue weighted by Crippen LogP contribution is 2.22. The molecule has 0 saturated carbocycles. The fourth-order valence-electron chi connectivity index (χ4n) is 3.78. The van der Waals surface area contributed by atoms with Crippen LogP contribution in [0.1, 0.15) is 17.5 Å². The third-order valence-corrected chi connectivity index (χ3v) is 5.57. The summed E-state index contributed by atoms with van der Waals surface area (Å²) >= 11 is 0. The molecule has 160 valence electrons. The van der Waals surface area contributed by atoms with Gasteiger partial charge < -0.3 is 10.6 Å². The molecule has 0 aliphatic heterocycles. The van der Waals surface area contributed by atoms with Crippen LogP contribution in [-0.4, -0.2) is 28.7 Å². The summed E-state index contributed by atoms with van der Waals surface area (Å²) < 4.78 is 0. The first-order valence-electron chi connectivity index (χ1n) is 10.7. The topological polar surface area (TPSA) is 93.6 Å². The monoisotopic (exact) mass is 423 g/mol. The molecule has 3 N–H and O–H groups in total. The first kappa shape index (κ1) is 21.3.